The van der Waals surface area contributed by atoms with Crippen molar-refractivity contribution in [3.8, 4) is 0 Å². The molecule has 1 unspecified atom stereocenters. The van der Waals surface area contributed by atoms with Crippen LogP contribution in [0.5, 0.6) is 0 Å². The Balaban J connectivity index is 1.69. The van der Waals surface area contributed by atoms with Gasteiger partial charge >= 0.3 is 6.18 Å². The molecule has 0 spiro atoms. The smallest absolute Gasteiger partial charge is 0.347 e. The minimum atomic E-state index is -4.48. The number of rotatable bonds is 3. The Morgan fingerprint density at radius 1 is 1.26 bits per heavy atom. The molecule has 4 nitrogen and oxygen atoms in total. The van der Waals surface area contributed by atoms with Crippen LogP contribution in [0.1, 0.15) is 48.7 Å². The lowest BCUT2D eigenvalue weighted by atomic mass is 9.79. The molecule has 31 heavy (non-hydrogen) atoms. The molecule has 1 fully saturated rings. The SMILES string of the molecule is CCC(=O)/N=C1\CCCc2nc(N3CCC(c4cc(Cl)cc(Cl)c4)(C(F)(F)F)C3)sc21. The average Bonchev–Trinajstić information content (AvgIpc) is 3.32. The summed E-state index contributed by atoms with van der Waals surface area (Å²) in [5.41, 5.74) is -0.510. The third-order valence-electron chi connectivity index (χ3n) is 5.83. The molecular weight excluding hydrogens is 470 g/mol. The van der Waals surface area contributed by atoms with E-state index in [0.29, 0.717) is 23.7 Å². The van der Waals surface area contributed by atoms with Gasteiger partial charge in [-0.2, -0.15) is 13.2 Å². The topological polar surface area (TPSA) is 45.6 Å². The number of amides is 1. The molecular formula is C21H20Cl2F3N3OS. The summed E-state index contributed by atoms with van der Waals surface area (Å²) in [6, 6.07) is 4.12. The molecule has 0 bridgehead atoms. The lowest BCUT2D eigenvalue weighted by Gasteiger charge is -2.32. The number of hydrogen-bond acceptors (Lipinski definition) is 4. The lowest BCUT2D eigenvalue weighted by molar-refractivity contribution is -0.184. The van der Waals surface area contributed by atoms with E-state index in [-0.39, 0.29) is 41.0 Å². The molecule has 0 radical (unpaired) electrons. The molecule has 0 saturated carbocycles. The van der Waals surface area contributed by atoms with E-state index in [1.807, 2.05) is 0 Å². The number of halogens is 5. The van der Waals surface area contributed by atoms with Crippen molar-refractivity contribution in [3.63, 3.8) is 0 Å². The van der Waals surface area contributed by atoms with Gasteiger partial charge in [-0.1, -0.05) is 41.5 Å². The molecule has 1 atom stereocenters. The molecule has 1 amide bonds. The fourth-order valence-corrected chi connectivity index (χ4v) is 5.86. The second kappa shape index (κ2) is 8.37. The van der Waals surface area contributed by atoms with Gasteiger partial charge in [0.15, 0.2) is 5.13 Å². The number of thiazole rings is 1. The van der Waals surface area contributed by atoms with Gasteiger partial charge in [-0.3, -0.25) is 4.79 Å². The normalized spacial score (nSPS) is 22.8. The number of hydrogen-bond donors (Lipinski definition) is 0. The second-order valence-corrected chi connectivity index (χ2v) is 9.69. The van der Waals surface area contributed by atoms with Gasteiger partial charge in [-0.25, -0.2) is 9.98 Å². The molecule has 1 aromatic heterocycles. The van der Waals surface area contributed by atoms with Crippen LogP contribution < -0.4 is 4.90 Å². The van der Waals surface area contributed by atoms with Gasteiger partial charge < -0.3 is 4.90 Å². The summed E-state index contributed by atoms with van der Waals surface area (Å²) in [4.78, 5) is 23.1. The summed E-state index contributed by atoms with van der Waals surface area (Å²) in [6.45, 7) is 1.69. The standard InChI is InChI=1S/C21H20Cl2F3N3OS/c1-2-17(30)27-15-4-3-5-16-18(15)31-19(28-16)29-7-6-20(11-29,21(24,25)26)12-8-13(22)10-14(23)9-12/h8-10H,2-7,11H2,1H3/b27-15+. The molecule has 1 aromatic carbocycles. The van der Waals surface area contributed by atoms with Crippen LogP contribution in [0.25, 0.3) is 0 Å². The van der Waals surface area contributed by atoms with Crippen molar-refractivity contribution in [2.24, 2.45) is 4.99 Å². The van der Waals surface area contributed by atoms with E-state index in [1.165, 1.54) is 29.5 Å². The summed E-state index contributed by atoms with van der Waals surface area (Å²) in [5.74, 6) is -0.201. The van der Waals surface area contributed by atoms with Gasteiger partial charge in [0.1, 0.15) is 5.41 Å². The summed E-state index contributed by atoms with van der Waals surface area (Å²) >= 11 is 13.3. The zero-order valence-electron chi connectivity index (χ0n) is 16.7. The number of aliphatic imine (C=N–C) groups is 1. The summed E-state index contributed by atoms with van der Waals surface area (Å²) in [7, 11) is 0. The van der Waals surface area contributed by atoms with Gasteiger partial charge in [0.05, 0.1) is 16.3 Å². The van der Waals surface area contributed by atoms with Crippen LogP contribution in [0.2, 0.25) is 10.0 Å². The van der Waals surface area contributed by atoms with Gasteiger partial charge in [-0.05, 0) is 49.4 Å². The molecule has 0 N–H and O–H groups in total. The van der Waals surface area contributed by atoms with Gasteiger partial charge in [0.25, 0.3) is 0 Å². The zero-order chi connectivity index (χ0) is 22.4. The Hall–Kier alpha value is -1.64. The van der Waals surface area contributed by atoms with E-state index in [9.17, 15) is 18.0 Å². The van der Waals surface area contributed by atoms with E-state index in [4.69, 9.17) is 23.2 Å². The van der Waals surface area contributed by atoms with E-state index in [2.05, 4.69) is 9.98 Å². The number of carbonyl (C=O) groups is 1. The van der Waals surface area contributed by atoms with Crippen LogP contribution >= 0.6 is 34.5 Å². The summed E-state index contributed by atoms with van der Waals surface area (Å²) in [6.07, 6.45) is -2.06. The van der Waals surface area contributed by atoms with Crippen molar-refractivity contribution in [1.29, 1.82) is 0 Å². The molecule has 10 heteroatoms. The highest BCUT2D eigenvalue weighted by Gasteiger charge is 2.59. The first-order valence-corrected chi connectivity index (χ1v) is 11.6. The minimum Gasteiger partial charge on any atom is -0.347 e. The molecule has 2 heterocycles. The molecule has 2 aromatic rings. The molecule has 166 valence electrons. The highest BCUT2D eigenvalue weighted by atomic mass is 35.5. The van der Waals surface area contributed by atoms with Crippen molar-refractivity contribution < 1.29 is 18.0 Å². The van der Waals surface area contributed by atoms with Gasteiger partial charge in [-0.15, -0.1) is 0 Å². The Morgan fingerprint density at radius 3 is 2.61 bits per heavy atom. The lowest BCUT2D eigenvalue weighted by Crippen LogP contribution is -2.44. The van der Waals surface area contributed by atoms with Gasteiger partial charge in [0, 0.05) is 29.6 Å². The van der Waals surface area contributed by atoms with Crippen LogP contribution in [0.15, 0.2) is 23.2 Å². The largest absolute Gasteiger partial charge is 0.400 e. The van der Waals surface area contributed by atoms with Crippen LogP contribution in [-0.4, -0.2) is 35.9 Å². The number of carbonyl (C=O) groups excluding carboxylic acids is 1. The number of nitrogens with zero attached hydrogens (tertiary/aromatic N) is 3. The number of anilines is 1. The average molecular weight is 490 g/mol. The second-order valence-electron chi connectivity index (χ2n) is 7.84. The Bertz CT molecular complexity index is 1030. The van der Waals surface area contributed by atoms with E-state index in [0.717, 1.165) is 23.4 Å². The van der Waals surface area contributed by atoms with Crippen LogP contribution in [0, 0.1) is 0 Å². The predicted molar refractivity (Wildman–Crippen MR) is 118 cm³/mol. The maximum Gasteiger partial charge on any atom is 0.400 e. The molecule has 1 aliphatic carbocycles. The summed E-state index contributed by atoms with van der Waals surface area (Å²) < 4.78 is 43.0. The van der Waals surface area contributed by atoms with Crippen LogP contribution in [-0.2, 0) is 16.6 Å². The quantitative estimate of drug-likeness (QED) is 0.513. The first-order valence-electron chi connectivity index (χ1n) is 10.0. The Labute approximate surface area is 192 Å². The number of alkyl halides is 3. The molecule has 1 saturated heterocycles. The first kappa shape index (κ1) is 22.6. The summed E-state index contributed by atoms with van der Waals surface area (Å²) in [5, 5.41) is 0.884. The van der Waals surface area contributed by atoms with Crippen LogP contribution in [0.4, 0.5) is 18.3 Å². The van der Waals surface area contributed by atoms with E-state index < -0.39 is 11.6 Å². The van der Waals surface area contributed by atoms with Crippen molar-refractivity contribution in [3.05, 3.63) is 44.4 Å². The third kappa shape index (κ3) is 4.22. The highest BCUT2D eigenvalue weighted by Crippen LogP contribution is 2.50. The maximum atomic E-state index is 14.3. The molecule has 2 aliphatic rings. The predicted octanol–water partition coefficient (Wildman–Crippen LogP) is 6.22. The maximum absolute atomic E-state index is 14.3. The highest BCUT2D eigenvalue weighted by molar-refractivity contribution is 7.17. The van der Waals surface area contributed by atoms with Gasteiger partial charge in [0.2, 0.25) is 5.91 Å². The molecule has 4 rings (SSSR count). The fraction of sp³-hybridized carbons (Fsp3) is 0.476. The number of aryl methyl sites for hydroxylation is 1. The third-order valence-corrected chi connectivity index (χ3v) is 7.48. The van der Waals surface area contributed by atoms with E-state index in [1.54, 1.807) is 11.8 Å². The zero-order valence-corrected chi connectivity index (χ0v) is 19.1. The first-order chi connectivity index (χ1) is 14.6. The number of fused-ring (bicyclic) bond motifs is 1. The number of benzene rings is 1. The Kier molecular flexibility index (Phi) is 6.09. The Morgan fingerprint density at radius 2 is 1.97 bits per heavy atom. The minimum absolute atomic E-state index is 0.0668. The molecule has 1 aliphatic heterocycles. The monoisotopic (exact) mass is 489 g/mol. The van der Waals surface area contributed by atoms with E-state index >= 15 is 0 Å². The van der Waals surface area contributed by atoms with Crippen molar-refractivity contribution >= 4 is 51.3 Å². The fourth-order valence-electron chi connectivity index (χ4n) is 4.18. The number of aromatic nitrogens is 1. The van der Waals surface area contributed by atoms with Crippen molar-refractivity contribution in [1.82, 2.24) is 4.98 Å². The van der Waals surface area contributed by atoms with Crippen molar-refractivity contribution in [2.75, 3.05) is 18.0 Å². The van der Waals surface area contributed by atoms with Crippen LogP contribution in [0.3, 0.4) is 0 Å². The van der Waals surface area contributed by atoms with Crippen molar-refractivity contribution in [2.45, 2.75) is 50.6 Å².